The number of allylic oxidation sites excluding steroid dienone is 2. The van der Waals surface area contributed by atoms with E-state index >= 15 is 0 Å². The summed E-state index contributed by atoms with van der Waals surface area (Å²) in [7, 11) is 0. The lowest BCUT2D eigenvalue weighted by Gasteiger charge is -2.38. The molecule has 1 atom stereocenters. The van der Waals surface area contributed by atoms with Gasteiger partial charge < -0.3 is 4.74 Å². The molecule has 138 valence electrons. The molecule has 0 spiro atoms. The topological polar surface area (TPSA) is 43.4 Å². The minimum Gasteiger partial charge on any atom is -0.461 e. The summed E-state index contributed by atoms with van der Waals surface area (Å²) < 4.78 is 6.90. The van der Waals surface area contributed by atoms with Crippen molar-refractivity contribution in [3.63, 3.8) is 0 Å². The van der Waals surface area contributed by atoms with Crippen molar-refractivity contribution in [3.8, 4) is 5.75 Å². The van der Waals surface area contributed by atoms with Gasteiger partial charge in [0.2, 0.25) is 0 Å². The SMILES string of the molecule is CC1(C)CC(=O)C2=C(C1)Oc1ccccc1C2CC(=O)c1ccccc1Br. The van der Waals surface area contributed by atoms with Crippen LogP contribution in [0.4, 0.5) is 0 Å². The summed E-state index contributed by atoms with van der Waals surface area (Å²) in [5, 5.41) is 0. The van der Waals surface area contributed by atoms with E-state index in [9.17, 15) is 9.59 Å². The van der Waals surface area contributed by atoms with E-state index in [0.29, 0.717) is 24.0 Å². The van der Waals surface area contributed by atoms with Gasteiger partial charge in [0, 0.05) is 46.4 Å². The van der Waals surface area contributed by atoms with E-state index < -0.39 is 0 Å². The number of carbonyl (C=O) groups excluding carboxylic acids is 2. The van der Waals surface area contributed by atoms with Crippen molar-refractivity contribution >= 4 is 27.5 Å². The van der Waals surface area contributed by atoms with Crippen molar-refractivity contribution in [1.29, 1.82) is 0 Å². The smallest absolute Gasteiger partial charge is 0.164 e. The highest BCUT2D eigenvalue weighted by molar-refractivity contribution is 9.10. The Labute approximate surface area is 167 Å². The summed E-state index contributed by atoms with van der Waals surface area (Å²) in [6.45, 7) is 4.17. The van der Waals surface area contributed by atoms with Crippen molar-refractivity contribution in [2.45, 2.75) is 39.0 Å². The predicted molar refractivity (Wildman–Crippen MR) is 108 cm³/mol. The Hall–Kier alpha value is -2.20. The maximum absolute atomic E-state index is 13.0. The van der Waals surface area contributed by atoms with E-state index in [1.165, 1.54) is 0 Å². The molecule has 0 aromatic heterocycles. The van der Waals surface area contributed by atoms with Crippen molar-refractivity contribution in [2.24, 2.45) is 5.41 Å². The number of rotatable bonds is 3. The third-order valence-electron chi connectivity index (χ3n) is 5.32. The van der Waals surface area contributed by atoms with Crippen LogP contribution in [0.15, 0.2) is 64.3 Å². The number of para-hydroxylation sites is 1. The number of ether oxygens (including phenoxy) is 1. The third-order valence-corrected chi connectivity index (χ3v) is 6.01. The van der Waals surface area contributed by atoms with Crippen LogP contribution in [-0.2, 0) is 4.79 Å². The van der Waals surface area contributed by atoms with Crippen LogP contribution in [0.5, 0.6) is 5.75 Å². The van der Waals surface area contributed by atoms with Crippen LogP contribution in [0.1, 0.15) is 54.9 Å². The van der Waals surface area contributed by atoms with Gasteiger partial charge >= 0.3 is 0 Å². The van der Waals surface area contributed by atoms with Gasteiger partial charge in [-0.15, -0.1) is 0 Å². The maximum atomic E-state index is 13.0. The van der Waals surface area contributed by atoms with E-state index in [2.05, 4.69) is 29.8 Å². The van der Waals surface area contributed by atoms with Crippen LogP contribution in [0.3, 0.4) is 0 Å². The zero-order chi connectivity index (χ0) is 19.2. The van der Waals surface area contributed by atoms with Gasteiger partial charge in [-0.3, -0.25) is 9.59 Å². The van der Waals surface area contributed by atoms with Crippen LogP contribution in [0.25, 0.3) is 0 Å². The van der Waals surface area contributed by atoms with Gasteiger partial charge in [-0.1, -0.05) is 66.2 Å². The van der Waals surface area contributed by atoms with Crippen LogP contribution >= 0.6 is 15.9 Å². The van der Waals surface area contributed by atoms with Gasteiger partial charge in [0.1, 0.15) is 11.5 Å². The van der Waals surface area contributed by atoms with Crippen LogP contribution in [-0.4, -0.2) is 11.6 Å². The average molecular weight is 425 g/mol. The average Bonchev–Trinajstić information content (AvgIpc) is 2.60. The summed E-state index contributed by atoms with van der Waals surface area (Å²) in [4.78, 5) is 26.0. The number of benzene rings is 2. The van der Waals surface area contributed by atoms with Crippen LogP contribution < -0.4 is 4.74 Å². The molecule has 1 heterocycles. The van der Waals surface area contributed by atoms with Gasteiger partial charge in [-0.25, -0.2) is 0 Å². The molecule has 0 saturated carbocycles. The van der Waals surface area contributed by atoms with Crippen molar-refractivity contribution in [3.05, 3.63) is 75.5 Å². The Bertz CT molecular complexity index is 971. The van der Waals surface area contributed by atoms with Gasteiger partial charge in [0.15, 0.2) is 11.6 Å². The lowest BCUT2D eigenvalue weighted by Crippen LogP contribution is -2.33. The Morgan fingerprint density at radius 1 is 1.11 bits per heavy atom. The van der Waals surface area contributed by atoms with Crippen molar-refractivity contribution in [1.82, 2.24) is 0 Å². The standard InChI is InChI=1S/C23H21BrO3/c1-23(2)12-19(26)22-16(11-18(25)15-8-3-5-9-17(15)24)14-7-4-6-10-20(14)27-21(22)13-23/h3-10,16H,11-13H2,1-2H3. The third kappa shape index (κ3) is 3.39. The minimum absolute atomic E-state index is 0.0219. The first-order chi connectivity index (χ1) is 12.9. The molecule has 0 amide bonds. The summed E-state index contributed by atoms with van der Waals surface area (Å²) in [5.41, 5.74) is 2.13. The molecular weight excluding hydrogens is 404 g/mol. The molecule has 0 bridgehead atoms. The number of fused-ring (bicyclic) bond motifs is 1. The number of hydrogen-bond acceptors (Lipinski definition) is 3. The van der Waals surface area contributed by atoms with E-state index in [4.69, 9.17) is 4.74 Å². The maximum Gasteiger partial charge on any atom is 0.164 e. The van der Waals surface area contributed by atoms with Gasteiger partial charge in [0.05, 0.1) is 0 Å². The second-order valence-corrected chi connectivity index (χ2v) is 8.93. The molecule has 0 fully saturated rings. The van der Waals surface area contributed by atoms with E-state index in [0.717, 1.165) is 21.5 Å². The lowest BCUT2D eigenvalue weighted by atomic mass is 9.70. The fourth-order valence-corrected chi connectivity index (χ4v) is 4.61. The highest BCUT2D eigenvalue weighted by Crippen LogP contribution is 2.49. The van der Waals surface area contributed by atoms with Gasteiger partial charge in [0.25, 0.3) is 0 Å². The second kappa shape index (κ2) is 6.75. The first-order valence-electron chi connectivity index (χ1n) is 9.16. The molecule has 2 aliphatic rings. The molecular formula is C23H21BrO3. The fraction of sp³-hybridized carbons (Fsp3) is 0.304. The molecule has 2 aromatic rings. The molecule has 1 unspecified atom stereocenters. The number of hydrogen-bond donors (Lipinski definition) is 0. The predicted octanol–water partition coefficient (Wildman–Crippen LogP) is 5.84. The van der Waals surface area contributed by atoms with E-state index in [1.807, 2.05) is 48.5 Å². The first-order valence-corrected chi connectivity index (χ1v) is 9.96. The number of Topliss-reactive ketones (excluding diaryl/α,β-unsaturated/α-hetero) is 2. The Morgan fingerprint density at radius 2 is 1.81 bits per heavy atom. The summed E-state index contributed by atoms with van der Waals surface area (Å²) in [6.07, 6.45) is 1.45. The van der Waals surface area contributed by atoms with Crippen LogP contribution in [0, 0.1) is 5.41 Å². The molecule has 0 radical (unpaired) electrons. The molecule has 2 aromatic carbocycles. The number of ketones is 2. The molecule has 1 aliphatic carbocycles. The Kier molecular flexibility index (Phi) is 4.55. The Balaban J connectivity index is 1.77. The molecule has 0 N–H and O–H groups in total. The monoisotopic (exact) mass is 424 g/mol. The second-order valence-electron chi connectivity index (χ2n) is 8.08. The van der Waals surface area contributed by atoms with Crippen molar-refractivity contribution in [2.75, 3.05) is 0 Å². The van der Waals surface area contributed by atoms with E-state index in [1.54, 1.807) is 0 Å². The molecule has 4 rings (SSSR count). The summed E-state index contributed by atoms with van der Waals surface area (Å²) in [5.74, 6) is 1.36. The lowest BCUT2D eigenvalue weighted by molar-refractivity contribution is -0.118. The largest absolute Gasteiger partial charge is 0.461 e. The number of carbonyl (C=O) groups is 2. The van der Waals surface area contributed by atoms with Crippen molar-refractivity contribution < 1.29 is 14.3 Å². The fourth-order valence-electron chi connectivity index (χ4n) is 4.10. The van der Waals surface area contributed by atoms with Crippen LogP contribution in [0.2, 0.25) is 0 Å². The quantitative estimate of drug-likeness (QED) is 0.581. The molecule has 3 nitrogen and oxygen atoms in total. The summed E-state index contributed by atoms with van der Waals surface area (Å²) >= 11 is 3.46. The van der Waals surface area contributed by atoms with Gasteiger partial charge in [-0.05, 0) is 17.5 Å². The molecule has 4 heteroatoms. The zero-order valence-corrected chi connectivity index (χ0v) is 17.0. The normalized spacial score (nSPS) is 20.6. The molecule has 0 saturated heterocycles. The summed E-state index contributed by atoms with van der Waals surface area (Å²) in [6, 6.07) is 15.2. The highest BCUT2D eigenvalue weighted by Gasteiger charge is 2.42. The highest BCUT2D eigenvalue weighted by atomic mass is 79.9. The number of halogens is 1. The molecule has 27 heavy (non-hydrogen) atoms. The zero-order valence-electron chi connectivity index (χ0n) is 15.4. The Morgan fingerprint density at radius 3 is 2.59 bits per heavy atom. The minimum atomic E-state index is -0.256. The molecule has 1 aliphatic heterocycles. The van der Waals surface area contributed by atoms with Gasteiger partial charge in [-0.2, -0.15) is 0 Å². The first kappa shape index (κ1) is 18.2. The van der Waals surface area contributed by atoms with E-state index in [-0.39, 0.29) is 29.3 Å².